The lowest BCUT2D eigenvalue weighted by Gasteiger charge is -2.37. The van der Waals surface area contributed by atoms with Crippen LogP contribution in [0.15, 0.2) is 30.3 Å². The van der Waals surface area contributed by atoms with E-state index in [2.05, 4.69) is 0 Å². The topological polar surface area (TPSA) is 92.5 Å². The number of nitro groups is 1. The monoisotopic (exact) mass is 408 g/mol. The number of fused-ring (bicyclic) bond motifs is 8. The lowest BCUT2D eigenvalue weighted by Crippen LogP contribution is -2.30. The van der Waals surface area contributed by atoms with Gasteiger partial charge in [0.1, 0.15) is 0 Å². The lowest BCUT2D eigenvalue weighted by atomic mass is 9.87. The average molecular weight is 408 g/mol. The number of hydrogen-bond donors (Lipinski definition) is 0. The van der Waals surface area contributed by atoms with E-state index in [1.165, 1.54) is 6.07 Å². The van der Waals surface area contributed by atoms with E-state index in [0.29, 0.717) is 34.1 Å². The van der Waals surface area contributed by atoms with Crippen LogP contribution in [0.2, 0.25) is 0 Å². The second-order valence-corrected chi connectivity index (χ2v) is 7.26. The standard InChI is InChI=1S/C21H16N2O7/c1-22-19-11(4-3-10-5-14-15(6-12(10)19)28-8-27-14)17-13(23(24)25)7-16-20(30-9-29-16)18(17)21(22)26-2/h3-7,21H,8-9H2,1-2H3. The summed E-state index contributed by atoms with van der Waals surface area (Å²) in [6.45, 7) is 0.180. The summed E-state index contributed by atoms with van der Waals surface area (Å²) in [5, 5.41) is 13.8. The predicted octanol–water partition coefficient (Wildman–Crippen LogP) is 3.97. The van der Waals surface area contributed by atoms with E-state index in [1.54, 1.807) is 7.11 Å². The molecule has 3 heterocycles. The fourth-order valence-corrected chi connectivity index (χ4v) is 4.58. The molecule has 1 unspecified atom stereocenters. The van der Waals surface area contributed by atoms with Gasteiger partial charge in [0, 0.05) is 25.1 Å². The second kappa shape index (κ2) is 5.90. The van der Waals surface area contributed by atoms with Crippen molar-refractivity contribution in [2.24, 2.45) is 0 Å². The van der Waals surface area contributed by atoms with Crippen molar-refractivity contribution in [1.29, 1.82) is 0 Å². The number of benzene rings is 3. The molecule has 0 aromatic heterocycles. The second-order valence-electron chi connectivity index (χ2n) is 7.26. The van der Waals surface area contributed by atoms with Crippen LogP contribution in [0.5, 0.6) is 23.0 Å². The van der Waals surface area contributed by atoms with Crippen molar-refractivity contribution in [3.8, 4) is 34.1 Å². The van der Waals surface area contributed by atoms with Gasteiger partial charge in [-0.25, -0.2) is 0 Å². The van der Waals surface area contributed by atoms with Crippen molar-refractivity contribution in [3.63, 3.8) is 0 Å². The molecule has 6 rings (SSSR count). The summed E-state index contributed by atoms with van der Waals surface area (Å²) in [6.07, 6.45) is -0.598. The van der Waals surface area contributed by atoms with Crippen LogP contribution < -0.4 is 23.8 Å². The molecule has 0 amide bonds. The van der Waals surface area contributed by atoms with Gasteiger partial charge in [0.15, 0.2) is 29.2 Å². The number of anilines is 1. The van der Waals surface area contributed by atoms with Crippen LogP contribution in [0.4, 0.5) is 11.4 Å². The number of nitro benzene ring substituents is 1. The minimum absolute atomic E-state index is 0.0111. The Morgan fingerprint density at radius 3 is 2.57 bits per heavy atom. The molecule has 3 aliphatic heterocycles. The van der Waals surface area contributed by atoms with Crippen LogP contribution in [0, 0.1) is 10.1 Å². The van der Waals surface area contributed by atoms with Gasteiger partial charge in [0.05, 0.1) is 27.8 Å². The zero-order chi connectivity index (χ0) is 20.6. The Labute approximate surface area is 170 Å². The zero-order valence-corrected chi connectivity index (χ0v) is 16.1. The van der Waals surface area contributed by atoms with Crippen molar-refractivity contribution >= 4 is 22.1 Å². The SMILES string of the molecule is COC1c2c3c(cc([N+](=O)[O-])c2-c2ccc4cc5c(cc4c2N1C)OCO5)OCO3. The Morgan fingerprint density at radius 2 is 1.80 bits per heavy atom. The number of rotatable bonds is 2. The van der Waals surface area contributed by atoms with Crippen LogP contribution in [0.1, 0.15) is 11.8 Å². The molecule has 3 aromatic carbocycles. The third-order valence-electron chi connectivity index (χ3n) is 5.80. The molecule has 3 aromatic rings. The molecule has 0 aliphatic carbocycles. The van der Waals surface area contributed by atoms with Crippen molar-refractivity contribution in [3.05, 3.63) is 46.0 Å². The highest BCUT2D eigenvalue weighted by molar-refractivity contribution is 6.07. The van der Waals surface area contributed by atoms with Crippen molar-refractivity contribution < 1.29 is 28.6 Å². The van der Waals surface area contributed by atoms with E-state index in [1.807, 2.05) is 36.2 Å². The first-order chi connectivity index (χ1) is 14.6. The van der Waals surface area contributed by atoms with Crippen LogP contribution >= 0.6 is 0 Å². The van der Waals surface area contributed by atoms with E-state index >= 15 is 0 Å². The summed E-state index contributed by atoms with van der Waals surface area (Å²) in [4.78, 5) is 13.6. The molecule has 0 fully saturated rings. The van der Waals surface area contributed by atoms with Gasteiger partial charge in [-0.1, -0.05) is 12.1 Å². The molecule has 0 saturated heterocycles. The van der Waals surface area contributed by atoms with Gasteiger partial charge in [-0.05, 0) is 17.5 Å². The van der Waals surface area contributed by atoms with E-state index in [0.717, 1.165) is 22.0 Å². The molecular weight excluding hydrogens is 392 g/mol. The molecule has 0 bridgehead atoms. The predicted molar refractivity (Wildman–Crippen MR) is 106 cm³/mol. The molecule has 9 heteroatoms. The molecule has 152 valence electrons. The highest BCUT2D eigenvalue weighted by Crippen LogP contribution is 2.57. The van der Waals surface area contributed by atoms with Gasteiger partial charge < -0.3 is 28.6 Å². The van der Waals surface area contributed by atoms with E-state index in [9.17, 15) is 10.1 Å². The van der Waals surface area contributed by atoms with Gasteiger partial charge in [-0.2, -0.15) is 0 Å². The summed E-state index contributed by atoms with van der Waals surface area (Å²) in [7, 11) is 3.46. The van der Waals surface area contributed by atoms with Crippen LogP contribution in [0.25, 0.3) is 21.9 Å². The third-order valence-corrected chi connectivity index (χ3v) is 5.80. The summed E-state index contributed by atoms with van der Waals surface area (Å²) >= 11 is 0. The fourth-order valence-electron chi connectivity index (χ4n) is 4.58. The minimum Gasteiger partial charge on any atom is -0.454 e. The van der Waals surface area contributed by atoms with Gasteiger partial charge >= 0.3 is 0 Å². The van der Waals surface area contributed by atoms with Crippen LogP contribution in [-0.4, -0.2) is 32.7 Å². The van der Waals surface area contributed by atoms with Crippen molar-refractivity contribution in [1.82, 2.24) is 0 Å². The number of nitrogens with zero attached hydrogens (tertiary/aromatic N) is 2. The van der Waals surface area contributed by atoms with E-state index < -0.39 is 11.2 Å². The summed E-state index contributed by atoms with van der Waals surface area (Å²) < 4.78 is 28.0. The average Bonchev–Trinajstić information content (AvgIpc) is 3.39. The molecule has 0 saturated carbocycles. The number of hydrogen-bond acceptors (Lipinski definition) is 8. The summed E-state index contributed by atoms with van der Waals surface area (Å²) in [5.74, 6) is 2.15. The molecular formula is C21H16N2O7. The van der Waals surface area contributed by atoms with Crippen LogP contribution in [-0.2, 0) is 4.74 Å². The first kappa shape index (κ1) is 17.2. The van der Waals surface area contributed by atoms with Gasteiger partial charge in [0.2, 0.25) is 13.6 Å². The Kier molecular flexibility index (Phi) is 3.37. The largest absolute Gasteiger partial charge is 0.454 e. The van der Waals surface area contributed by atoms with Crippen molar-refractivity contribution in [2.75, 3.05) is 32.6 Å². The number of methoxy groups -OCH3 is 1. The maximum Gasteiger partial charge on any atom is 0.281 e. The first-order valence-corrected chi connectivity index (χ1v) is 9.31. The maximum absolute atomic E-state index is 12.0. The number of ether oxygens (including phenoxy) is 5. The van der Waals surface area contributed by atoms with Gasteiger partial charge in [-0.3, -0.25) is 10.1 Å². The highest BCUT2D eigenvalue weighted by atomic mass is 16.7. The molecule has 3 aliphatic rings. The third kappa shape index (κ3) is 2.09. The molecule has 0 spiro atoms. The Bertz CT molecular complexity index is 1260. The molecule has 30 heavy (non-hydrogen) atoms. The Hall–Kier alpha value is -3.72. The molecule has 0 N–H and O–H groups in total. The zero-order valence-electron chi connectivity index (χ0n) is 16.1. The first-order valence-electron chi connectivity index (χ1n) is 9.31. The Morgan fingerprint density at radius 1 is 1.07 bits per heavy atom. The smallest absolute Gasteiger partial charge is 0.281 e. The van der Waals surface area contributed by atoms with Crippen LogP contribution in [0.3, 0.4) is 0 Å². The van der Waals surface area contributed by atoms with Crippen molar-refractivity contribution in [2.45, 2.75) is 6.23 Å². The molecule has 1 atom stereocenters. The quantitative estimate of drug-likeness (QED) is 0.465. The highest BCUT2D eigenvalue weighted by Gasteiger charge is 2.41. The Balaban J connectivity index is 1.74. The minimum atomic E-state index is -0.598. The lowest BCUT2D eigenvalue weighted by molar-refractivity contribution is -0.384. The van der Waals surface area contributed by atoms with Gasteiger partial charge in [0.25, 0.3) is 5.69 Å². The van der Waals surface area contributed by atoms with E-state index in [4.69, 9.17) is 23.7 Å². The summed E-state index contributed by atoms with van der Waals surface area (Å²) in [6, 6.07) is 9.05. The maximum atomic E-state index is 12.0. The fraction of sp³-hybridized carbons (Fsp3) is 0.238. The van der Waals surface area contributed by atoms with Gasteiger partial charge in [-0.15, -0.1) is 0 Å². The molecule has 0 radical (unpaired) electrons. The normalized spacial score (nSPS) is 17.8. The molecule has 9 nitrogen and oxygen atoms in total. The van der Waals surface area contributed by atoms with E-state index in [-0.39, 0.29) is 19.3 Å². The summed E-state index contributed by atoms with van der Waals surface area (Å²) in [5.41, 5.74) is 2.55.